The van der Waals surface area contributed by atoms with Gasteiger partial charge in [-0.1, -0.05) is 218 Å². The summed E-state index contributed by atoms with van der Waals surface area (Å²) in [5.41, 5.74) is 25.3. The van der Waals surface area contributed by atoms with E-state index in [2.05, 4.69) is 277 Å². The number of hydrogen-bond donors (Lipinski definition) is 0. The molecular weight excluding hydrogens is 933 g/mol. The van der Waals surface area contributed by atoms with Crippen LogP contribution in [0, 0.1) is 0 Å². The number of nitrogens with zero attached hydrogens (tertiary/aromatic N) is 4. The highest BCUT2D eigenvalue weighted by Crippen LogP contribution is 2.45. The lowest BCUT2D eigenvalue weighted by molar-refractivity contribution is 0.881. The maximum Gasteiger partial charge on any atom is 0.0708 e. The molecule has 0 N–H and O–H groups in total. The first-order chi connectivity index (χ1) is 38.2. The van der Waals surface area contributed by atoms with E-state index in [0.29, 0.717) is 0 Å². The first-order valence-corrected chi connectivity index (χ1v) is 26.0. The van der Waals surface area contributed by atoms with E-state index in [-0.39, 0.29) is 0 Å². The zero-order valence-electron chi connectivity index (χ0n) is 42.2. The summed E-state index contributed by atoms with van der Waals surface area (Å²) in [7, 11) is 0. The minimum Gasteiger partial charge on any atom is -0.256 e. The van der Waals surface area contributed by atoms with Gasteiger partial charge in [-0.2, -0.15) is 5.10 Å². The third-order valence-corrected chi connectivity index (χ3v) is 14.5. The first kappa shape index (κ1) is 46.5. The molecular formula is C73H50N4. The molecule has 3 aromatic heterocycles. The van der Waals surface area contributed by atoms with Gasteiger partial charge >= 0.3 is 0 Å². The molecule has 13 rings (SSSR count). The van der Waals surface area contributed by atoms with Crippen LogP contribution in [0.25, 0.3) is 128 Å². The zero-order chi connectivity index (χ0) is 51.3. The lowest BCUT2D eigenvalue weighted by Gasteiger charge is -2.19. The Hall–Kier alpha value is -10.3. The molecule has 13 aromatic rings. The highest BCUT2D eigenvalue weighted by Gasteiger charge is 2.20. The van der Waals surface area contributed by atoms with E-state index in [1.807, 2.05) is 41.5 Å². The van der Waals surface area contributed by atoms with Crippen molar-refractivity contribution in [3.05, 3.63) is 304 Å². The minimum absolute atomic E-state index is 0.911. The maximum atomic E-state index is 5.31. The Morgan fingerprint density at radius 1 is 0.221 bits per heavy atom. The summed E-state index contributed by atoms with van der Waals surface area (Å²) in [5, 5.41) is 4.49. The third-order valence-electron chi connectivity index (χ3n) is 14.5. The Bertz CT molecular complexity index is 4150. The molecule has 0 bridgehead atoms. The van der Waals surface area contributed by atoms with E-state index in [4.69, 9.17) is 4.98 Å². The SMILES string of the molecule is c1ccc(-c2ccc(-c3cc(-c4cccc(-c5ccccc5)c4)ncc3-c3ccccc3-c3cc(-c4ccccc4-c4ccc(-c5ccccn5)cc4)cc(-c4ccccc4-c4ccc(-n5cccn5)cc4)c3)cc2)cc1. The number of pyridine rings is 2. The fourth-order valence-electron chi connectivity index (χ4n) is 10.6. The van der Waals surface area contributed by atoms with Crippen LogP contribution in [0.2, 0.25) is 0 Å². The fraction of sp³-hybridized carbons (Fsp3) is 0. The quantitative estimate of drug-likeness (QED) is 0.123. The van der Waals surface area contributed by atoms with Crippen LogP contribution in [0.15, 0.2) is 304 Å². The van der Waals surface area contributed by atoms with Crippen LogP contribution in [0.3, 0.4) is 0 Å². The summed E-state index contributed by atoms with van der Waals surface area (Å²) in [6, 6.07) is 100.0. The van der Waals surface area contributed by atoms with Gasteiger partial charge in [0.25, 0.3) is 0 Å². The van der Waals surface area contributed by atoms with Gasteiger partial charge in [0.2, 0.25) is 0 Å². The molecule has 0 aliphatic rings. The summed E-state index contributed by atoms with van der Waals surface area (Å²) in [6.45, 7) is 0. The van der Waals surface area contributed by atoms with E-state index in [1.54, 1.807) is 0 Å². The Labute approximate surface area is 449 Å². The minimum atomic E-state index is 0.911. The second kappa shape index (κ2) is 20.9. The summed E-state index contributed by atoms with van der Waals surface area (Å²) >= 11 is 0. The van der Waals surface area contributed by atoms with Gasteiger partial charge in [0.1, 0.15) is 0 Å². The second-order valence-corrected chi connectivity index (χ2v) is 19.2. The fourth-order valence-corrected chi connectivity index (χ4v) is 10.6. The van der Waals surface area contributed by atoms with Crippen molar-refractivity contribution < 1.29 is 0 Å². The molecule has 0 amide bonds. The van der Waals surface area contributed by atoms with Crippen molar-refractivity contribution in [2.75, 3.05) is 0 Å². The first-order valence-electron chi connectivity index (χ1n) is 26.0. The largest absolute Gasteiger partial charge is 0.256 e. The van der Waals surface area contributed by atoms with Crippen LogP contribution in [0.4, 0.5) is 0 Å². The molecule has 0 radical (unpaired) electrons. The van der Waals surface area contributed by atoms with E-state index < -0.39 is 0 Å². The van der Waals surface area contributed by atoms with E-state index in [0.717, 1.165) is 112 Å². The highest BCUT2D eigenvalue weighted by molar-refractivity contribution is 5.97. The third kappa shape index (κ3) is 9.60. The highest BCUT2D eigenvalue weighted by atomic mass is 15.3. The van der Waals surface area contributed by atoms with Gasteiger partial charge in [-0.15, -0.1) is 0 Å². The summed E-state index contributed by atoms with van der Waals surface area (Å²) in [4.78, 5) is 9.93. The molecule has 362 valence electrons. The van der Waals surface area contributed by atoms with Gasteiger partial charge in [0.15, 0.2) is 0 Å². The van der Waals surface area contributed by atoms with Crippen LogP contribution in [-0.4, -0.2) is 19.7 Å². The van der Waals surface area contributed by atoms with Gasteiger partial charge < -0.3 is 0 Å². The molecule has 3 heterocycles. The van der Waals surface area contributed by atoms with Crippen molar-refractivity contribution in [1.82, 2.24) is 19.7 Å². The van der Waals surface area contributed by atoms with Crippen molar-refractivity contribution in [1.29, 1.82) is 0 Å². The van der Waals surface area contributed by atoms with Gasteiger partial charge in [0.05, 0.1) is 17.1 Å². The molecule has 0 unspecified atom stereocenters. The summed E-state index contributed by atoms with van der Waals surface area (Å²) in [5.74, 6) is 0. The molecule has 10 aromatic carbocycles. The van der Waals surface area contributed by atoms with Gasteiger partial charge in [-0.05, 0) is 155 Å². The Balaban J connectivity index is 0.984. The molecule has 0 atom stereocenters. The average Bonchev–Trinajstić information content (AvgIpc) is 4.08. The van der Waals surface area contributed by atoms with Crippen LogP contribution < -0.4 is 0 Å². The molecule has 4 nitrogen and oxygen atoms in total. The summed E-state index contributed by atoms with van der Waals surface area (Å²) < 4.78 is 1.89. The zero-order valence-corrected chi connectivity index (χ0v) is 42.2. The molecule has 0 fully saturated rings. The lowest BCUT2D eigenvalue weighted by atomic mass is 9.85. The van der Waals surface area contributed by atoms with Gasteiger partial charge in [-0.3, -0.25) is 9.97 Å². The smallest absolute Gasteiger partial charge is 0.0708 e. The predicted octanol–water partition coefficient (Wildman–Crippen LogP) is 19.0. The Kier molecular flexibility index (Phi) is 12.6. The normalized spacial score (nSPS) is 11.1. The van der Waals surface area contributed by atoms with Crippen molar-refractivity contribution in [2.45, 2.75) is 0 Å². The molecule has 4 heteroatoms. The van der Waals surface area contributed by atoms with Gasteiger partial charge in [-0.25, -0.2) is 4.68 Å². The van der Waals surface area contributed by atoms with E-state index in [1.165, 1.54) is 16.7 Å². The van der Waals surface area contributed by atoms with E-state index in [9.17, 15) is 0 Å². The number of hydrogen-bond acceptors (Lipinski definition) is 3. The van der Waals surface area contributed by atoms with Crippen molar-refractivity contribution in [2.24, 2.45) is 0 Å². The molecule has 0 saturated carbocycles. The second-order valence-electron chi connectivity index (χ2n) is 19.2. The Morgan fingerprint density at radius 2 is 0.649 bits per heavy atom. The van der Waals surface area contributed by atoms with Crippen LogP contribution in [0.1, 0.15) is 0 Å². The van der Waals surface area contributed by atoms with Crippen molar-refractivity contribution >= 4 is 0 Å². The maximum absolute atomic E-state index is 5.31. The molecule has 77 heavy (non-hydrogen) atoms. The number of benzene rings is 10. The molecule has 0 aliphatic heterocycles. The monoisotopic (exact) mass is 982 g/mol. The standard InChI is InChI=1S/C73H50N4/c1-3-17-51(18-4-1)53-30-32-56(33-31-53)70-49-73(59-22-15-21-58(45-59)52-19-5-2-6-20-52)75-50-71(70)69-28-12-11-27-68(69)62-47-60(66-25-9-7-23-64(66)54-34-36-57(37-35-54)72-29-13-14-42-74-72)46-61(48-62)67-26-10-8-24-65(67)55-38-40-63(41-39-55)77-44-16-43-76-77/h1-50H. The molecule has 0 aliphatic carbocycles. The van der Waals surface area contributed by atoms with Crippen molar-refractivity contribution in [3.63, 3.8) is 0 Å². The van der Waals surface area contributed by atoms with Crippen molar-refractivity contribution in [3.8, 4) is 128 Å². The summed E-state index contributed by atoms with van der Waals surface area (Å²) in [6.07, 6.45) is 7.71. The van der Waals surface area contributed by atoms with Crippen LogP contribution in [0.5, 0.6) is 0 Å². The molecule has 0 spiro atoms. The molecule has 0 saturated heterocycles. The van der Waals surface area contributed by atoms with Crippen LogP contribution in [-0.2, 0) is 0 Å². The Morgan fingerprint density at radius 3 is 1.21 bits per heavy atom. The number of rotatable bonds is 12. The van der Waals surface area contributed by atoms with Crippen LogP contribution >= 0.6 is 0 Å². The van der Waals surface area contributed by atoms with E-state index >= 15 is 0 Å². The predicted molar refractivity (Wildman–Crippen MR) is 319 cm³/mol. The average molecular weight is 983 g/mol. The van der Waals surface area contributed by atoms with Gasteiger partial charge in [0, 0.05) is 41.5 Å². The number of aromatic nitrogens is 4. The lowest BCUT2D eigenvalue weighted by Crippen LogP contribution is -1.95. The topological polar surface area (TPSA) is 43.6 Å².